The summed E-state index contributed by atoms with van der Waals surface area (Å²) in [6.07, 6.45) is 3.99. The van der Waals surface area contributed by atoms with Crippen molar-refractivity contribution in [3.8, 4) is 16.9 Å². The van der Waals surface area contributed by atoms with Crippen LogP contribution in [0, 0.1) is 0 Å². The van der Waals surface area contributed by atoms with Gasteiger partial charge in [-0.15, -0.1) is 0 Å². The molecule has 5 heteroatoms. The molecule has 0 atom stereocenters. The molecule has 0 fully saturated rings. The summed E-state index contributed by atoms with van der Waals surface area (Å²) in [5, 5.41) is 0.574. The fraction of sp³-hybridized carbons (Fsp3) is 0.154. The predicted octanol–water partition coefficient (Wildman–Crippen LogP) is 6.26. The van der Waals surface area contributed by atoms with Crippen LogP contribution in [0.2, 0.25) is 5.02 Å². The molecule has 1 amide bonds. The number of amides is 1. The first-order valence-corrected chi connectivity index (χ1v) is 10.3. The second-order valence-corrected chi connectivity index (χ2v) is 7.93. The van der Waals surface area contributed by atoms with E-state index in [1.54, 1.807) is 25.9 Å². The molecule has 1 aliphatic heterocycles. The molecule has 4 nitrogen and oxygen atoms in total. The van der Waals surface area contributed by atoms with Crippen LogP contribution in [0.1, 0.15) is 40.9 Å². The number of carbonyl (C=O) groups excluding carboxylic acids is 2. The fourth-order valence-electron chi connectivity index (χ4n) is 3.94. The van der Waals surface area contributed by atoms with Gasteiger partial charge in [0.25, 0.3) is 0 Å². The van der Waals surface area contributed by atoms with E-state index in [0.29, 0.717) is 22.9 Å². The third-order valence-electron chi connectivity index (χ3n) is 5.49. The topological polar surface area (TPSA) is 46.6 Å². The molecule has 0 aromatic heterocycles. The van der Waals surface area contributed by atoms with Crippen molar-refractivity contribution in [2.75, 3.05) is 12.0 Å². The minimum atomic E-state index is -0.0775. The summed E-state index contributed by atoms with van der Waals surface area (Å²) in [7, 11) is 1.62. The van der Waals surface area contributed by atoms with Crippen LogP contribution in [0.25, 0.3) is 23.3 Å². The zero-order valence-corrected chi connectivity index (χ0v) is 18.4. The number of halogens is 1. The van der Waals surface area contributed by atoms with Gasteiger partial charge in [0.2, 0.25) is 5.91 Å². The van der Waals surface area contributed by atoms with Crippen molar-refractivity contribution < 1.29 is 14.3 Å². The van der Waals surface area contributed by atoms with E-state index >= 15 is 0 Å². The molecule has 0 spiro atoms. The Bertz CT molecular complexity index is 1230. The average molecular weight is 432 g/mol. The minimum Gasteiger partial charge on any atom is -0.496 e. The lowest BCUT2D eigenvalue weighted by atomic mass is 9.92. The molecule has 31 heavy (non-hydrogen) atoms. The lowest BCUT2D eigenvalue weighted by molar-refractivity contribution is -0.116. The molecule has 0 aliphatic carbocycles. The van der Waals surface area contributed by atoms with Crippen LogP contribution in [-0.2, 0) is 11.3 Å². The maximum atomic E-state index is 12.6. The van der Waals surface area contributed by atoms with E-state index in [-0.39, 0.29) is 11.7 Å². The number of ether oxygens (including phenoxy) is 1. The molecular weight excluding hydrogens is 410 g/mol. The van der Waals surface area contributed by atoms with Crippen molar-refractivity contribution in [1.82, 2.24) is 0 Å². The third-order valence-corrected chi connectivity index (χ3v) is 5.73. The highest BCUT2D eigenvalue weighted by molar-refractivity contribution is 6.31. The Morgan fingerprint density at radius 1 is 0.935 bits per heavy atom. The van der Waals surface area contributed by atoms with Gasteiger partial charge in [-0.05, 0) is 53.4 Å². The van der Waals surface area contributed by atoms with Gasteiger partial charge in [-0.1, -0.05) is 54.1 Å². The summed E-state index contributed by atoms with van der Waals surface area (Å²) < 4.78 is 5.69. The largest absolute Gasteiger partial charge is 0.496 e. The fourth-order valence-corrected chi connectivity index (χ4v) is 4.11. The number of hydrogen-bond donors (Lipinski definition) is 0. The Kier molecular flexibility index (Phi) is 5.66. The number of methoxy groups -OCH3 is 1. The van der Waals surface area contributed by atoms with Crippen molar-refractivity contribution in [2.24, 2.45) is 0 Å². The highest BCUT2D eigenvalue weighted by Crippen LogP contribution is 2.38. The smallest absolute Gasteiger partial charge is 0.224 e. The first kappa shape index (κ1) is 20.9. The second kappa shape index (κ2) is 8.40. The first-order chi connectivity index (χ1) is 14.9. The number of ketones is 1. The number of anilines is 1. The summed E-state index contributed by atoms with van der Waals surface area (Å²) >= 11 is 6.22. The van der Waals surface area contributed by atoms with Crippen LogP contribution in [0.4, 0.5) is 5.69 Å². The van der Waals surface area contributed by atoms with Gasteiger partial charge in [-0.3, -0.25) is 9.59 Å². The molecule has 3 aromatic rings. The summed E-state index contributed by atoms with van der Waals surface area (Å²) in [5.74, 6) is 0.577. The first-order valence-electron chi connectivity index (χ1n) is 9.96. The molecule has 4 rings (SSSR count). The number of rotatable bonds is 3. The molecule has 1 aliphatic rings. The van der Waals surface area contributed by atoms with Gasteiger partial charge in [-0.2, -0.15) is 0 Å². The summed E-state index contributed by atoms with van der Waals surface area (Å²) in [5.41, 5.74) is 5.83. The molecule has 0 N–H and O–H groups in total. The molecule has 0 unspecified atom stereocenters. The van der Waals surface area contributed by atoms with E-state index in [2.05, 4.69) is 0 Å². The van der Waals surface area contributed by atoms with Crippen LogP contribution in [0.15, 0.2) is 54.6 Å². The Balaban J connectivity index is 1.94. The Morgan fingerprint density at radius 3 is 2.39 bits per heavy atom. The summed E-state index contributed by atoms with van der Waals surface area (Å²) in [6, 6.07) is 17.0. The molecule has 0 saturated heterocycles. The number of fused-ring (bicyclic) bond motifs is 2. The van der Waals surface area contributed by atoms with Crippen molar-refractivity contribution in [1.29, 1.82) is 0 Å². The number of benzene rings is 3. The normalized spacial score (nSPS) is 12.5. The maximum absolute atomic E-state index is 12.6. The van der Waals surface area contributed by atoms with E-state index in [1.165, 1.54) is 0 Å². The summed E-state index contributed by atoms with van der Waals surface area (Å²) in [4.78, 5) is 26.5. The number of Topliss-reactive ketones (excluding diaryl/α,β-unsaturated/α-hetero) is 1. The molecular formula is C26H22ClNO3. The van der Waals surface area contributed by atoms with Crippen LogP contribution >= 0.6 is 11.6 Å². The quantitative estimate of drug-likeness (QED) is 0.460. The van der Waals surface area contributed by atoms with Gasteiger partial charge >= 0.3 is 0 Å². The van der Waals surface area contributed by atoms with Gasteiger partial charge in [0.15, 0.2) is 5.78 Å². The predicted molar refractivity (Wildman–Crippen MR) is 126 cm³/mol. The van der Waals surface area contributed by atoms with E-state index in [9.17, 15) is 9.59 Å². The highest BCUT2D eigenvalue weighted by Gasteiger charge is 2.22. The lowest BCUT2D eigenvalue weighted by Crippen LogP contribution is -2.29. The van der Waals surface area contributed by atoms with Gasteiger partial charge in [-0.25, -0.2) is 0 Å². The van der Waals surface area contributed by atoms with Crippen LogP contribution < -0.4 is 9.64 Å². The van der Waals surface area contributed by atoms with E-state index < -0.39 is 0 Å². The zero-order valence-electron chi connectivity index (χ0n) is 17.6. The van der Waals surface area contributed by atoms with Gasteiger partial charge in [0.1, 0.15) is 5.75 Å². The van der Waals surface area contributed by atoms with E-state index in [4.69, 9.17) is 16.3 Å². The monoisotopic (exact) mass is 431 g/mol. The Morgan fingerprint density at radius 2 is 1.68 bits per heavy atom. The van der Waals surface area contributed by atoms with Gasteiger partial charge in [0, 0.05) is 23.1 Å². The van der Waals surface area contributed by atoms with Crippen molar-refractivity contribution in [2.45, 2.75) is 20.4 Å². The van der Waals surface area contributed by atoms with Crippen LogP contribution in [0.3, 0.4) is 0 Å². The second-order valence-electron chi connectivity index (χ2n) is 7.49. The van der Waals surface area contributed by atoms with Crippen LogP contribution in [-0.4, -0.2) is 18.8 Å². The van der Waals surface area contributed by atoms with Gasteiger partial charge in [0.05, 0.1) is 19.3 Å². The minimum absolute atomic E-state index is 0.0155. The van der Waals surface area contributed by atoms with Gasteiger partial charge < -0.3 is 9.64 Å². The molecule has 1 heterocycles. The molecule has 0 bridgehead atoms. The molecule has 3 aromatic carbocycles. The molecule has 156 valence electrons. The van der Waals surface area contributed by atoms with Crippen molar-refractivity contribution in [3.63, 3.8) is 0 Å². The Labute approximate surface area is 186 Å². The third kappa shape index (κ3) is 3.99. The van der Waals surface area contributed by atoms with Crippen LogP contribution in [0.5, 0.6) is 5.75 Å². The summed E-state index contributed by atoms with van der Waals surface area (Å²) in [6.45, 7) is 3.48. The van der Waals surface area contributed by atoms with E-state index in [0.717, 1.165) is 33.5 Å². The number of hydrogen-bond acceptors (Lipinski definition) is 3. The Hall–Kier alpha value is -3.37. The van der Waals surface area contributed by atoms with E-state index in [1.807, 2.05) is 66.7 Å². The average Bonchev–Trinajstić information content (AvgIpc) is 2.75. The van der Waals surface area contributed by atoms with Crippen molar-refractivity contribution in [3.05, 3.63) is 81.9 Å². The maximum Gasteiger partial charge on any atom is 0.224 e. The van der Waals surface area contributed by atoms with Crippen molar-refractivity contribution >= 4 is 41.1 Å². The standard InChI is InChI=1S/C26H22ClNO3/c1-16(29)22-6-4-5-7-23(22)24-12-20-15-28(17(2)30)25-14-21(27)11-10-18(25)8-9-19(20)13-26(24)31-3/h4-14H,15H2,1-3H3. The lowest BCUT2D eigenvalue weighted by Gasteiger charge is -2.27. The number of nitrogens with zero attached hydrogens (tertiary/aromatic N) is 1. The number of carbonyl (C=O) groups is 2. The SMILES string of the molecule is COc1cc2c(cc1-c1ccccc1C(C)=O)CN(C(C)=O)c1cc(Cl)ccc1C=C2. The molecule has 0 saturated carbocycles. The highest BCUT2D eigenvalue weighted by atomic mass is 35.5. The zero-order chi connectivity index (χ0) is 22.1. The molecule has 0 radical (unpaired) electrons.